The van der Waals surface area contributed by atoms with E-state index in [-0.39, 0.29) is 18.0 Å². The average Bonchev–Trinajstić information content (AvgIpc) is 3.01. The second-order valence-corrected chi connectivity index (χ2v) is 8.38. The fourth-order valence-electron chi connectivity index (χ4n) is 3.72. The Morgan fingerprint density at radius 3 is 2.59 bits per heavy atom. The van der Waals surface area contributed by atoms with Gasteiger partial charge in [0, 0.05) is 19.6 Å². The molecule has 0 atom stereocenters. The Morgan fingerprint density at radius 2 is 1.86 bits per heavy atom. The third-order valence-corrected chi connectivity index (χ3v) is 6.18. The van der Waals surface area contributed by atoms with Crippen molar-refractivity contribution in [2.45, 2.75) is 32.1 Å². The van der Waals surface area contributed by atoms with Crippen LogP contribution in [0.25, 0.3) is 0 Å². The molecule has 0 unspecified atom stereocenters. The number of halogens is 2. The lowest BCUT2D eigenvalue weighted by atomic mass is 10.1. The SMILES string of the molecule is O=C(NCCCc1ccc(Cl)c(Cl)c1)C1=C(O)C(=O)N(CCN2CCCCC2)C1. The van der Waals surface area contributed by atoms with Gasteiger partial charge in [-0.1, -0.05) is 35.7 Å². The van der Waals surface area contributed by atoms with Crippen molar-refractivity contribution in [3.05, 3.63) is 45.1 Å². The predicted molar refractivity (Wildman–Crippen MR) is 114 cm³/mol. The summed E-state index contributed by atoms with van der Waals surface area (Å²) >= 11 is 11.9. The normalized spacial score (nSPS) is 17.9. The molecule has 1 saturated heterocycles. The Bertz CT molecular complexity index is 791. The smallest absolute Gasteiger partial charge is 0.289 e. The standard InChI is InChI=1S/C21H27Cl2N3O3/c22-17-7-6-15(13-18(17)23)5-4-8-24-20(28)16-14-26(21(29)19(16)27)12-11-25-9-2-1-3-10-25/h6-7,13,27H,1-5,8-12,14H2,(H,24,28). The van der Waals surface area contributed by atoms with Gasteiger partial charge in [-0.25, -0.2) is 0 Å². The second-order valence-electron chi connectivity index (χ2n) is 7.56. The lowest BCUT2D eigenvalue weighted by molar-refractivity contribution is -0.128. The average molecular weight is 440 g/mol. The lowest BCUT2D eigenvalue weighted by Crippen LogP contribution is -2.39. The maximum absolute atomic E-state index is 12.4. The van der Waals surface area contributed by atoms with Crippen molar-refractivity contribution in [2.24, 2.45) is 0 Å². The molecule has 0 radical (unpaired) electrons. The first kappa shape index (κ1) is 21.9. The van der Waals surface area contributed by atoms with E-state index in [2.05, 4.69) is 10.2 Å². The minimum atomic E-state index is -0.456. The maximum atomic E-state index is 12.4. The highest BCUT2D eigenvalue weighted by Crippen LogP contribution is 2.23. The van der Waals surface area contributed by atoms with Gasteiger partial charge in [0.15, 0.2) is 5.76 Å². The van der Waals surface area contributed by atoms with Crippen molar-refractivity contribution in [1.29, 1.82) is 0 Å². The number of hydrogen-bond acceptors (Lipinski definition) is 4. The van der Waals surface area contributed by atoms with Gasteiger partial charge in [-0.2, -0.15) is 0 Å². The van der Waals surface area contributed by atoms with E-state index in [0.717, 1.165) is 31.6 Å². The summed E-state index contributed by atoms with van der Waals surface area (Å²) < 4.78 is 0. The van der Waals surface area contributed by atoms with E-state index >= 15 is 0 Å². The molecule has 158 valence electrons. The van der Waals surface area contributed by atoms with Crippen LogP contribution in [0, 0.1) is 0 Å². The van der Waals surface area contributed by atoms with Gasteiger partial charge in [0.2, 0.25) is 0 Å². The molecule has 2 aliphatic rings. The van der Waals surface area contributed by atoms with E-state index in [1.54, 1.807) is 11.0 Å². The Morgan fingerprint density at radius 1 is 1.10 bits per heavy atom. The summed E-state index contributed by atoms with van der Waals surface area (Å²) in [6.07, 6.45) is 5.09. The molecule has 3 rings (SSSR count). The first-order chi connectivity index (χ1) is 14.0. The highest BCUT2D eigenvalue weighted by atomic mass is 35.5. The van der Waals surface area contributed by atoms with Crippen LogP contribution in [0.5, 0.6) is 0 Å². The van der Waals surface area contributed by atoms with Gasteiger partial charge in [-0.05, 0) is 56.5 Å². The zero-order valence-electron chi connectivity index (χ0n) is 16.4. The molecule has 0 spiro atoms. The number of piperidine rings is 1. The molecule has 0 aromatic heterocycles. The number of benzene rings is 1. The molecule has 2 amide bonds. The van der Waals surface area contributed by atoms with Crippen molar-refractivity contribution >= 4 is 35.0 Å². The molecule has 2 aliphatic heterocycles. The molecule has 6 nitrogen and oxygen atoms in total. The van der Waals surface area contributed by atoms with Gasteiger partial charge in [0.05, 0.1) is 22.2 Å². The fraction of sp³-hybridized carbons (Fsp3) is 0.524. The number of rotatable bonds is 8. The van der Waals surface area contributed by atoms with E-state index in [0.29, 0.717) is 29.6 Å². The van der Waals surface area contributed by atoms with Crippen LogP contribution in [0.3, 0.4) is 0 Å². The Balaban J connectivity index is 1.42. The zero-order valence-corrected chi connectivity index (χ0v) is 17.9. The Kier molecular flexibility index (Phi) is 7.81. The molecular formula is C21H27Cl2N3O3. The number of carbonyl (C=O) groups excluding carboxylic acids is 2. The van der Waals surface area contributed by atoms with Crippen molar-refractivity contribution in [1.82, 2.24) is 15.1 Å². The van der Waals surface area contributed by atoms with Crippen LogP contribution in [-0.2, 0) is 16.0 Å². The lowest BCUT2D eigenvalue weighted by Gasteiger charge is -2.28. The molecule has 0 aliphatic carbocycles. The number of nitrogens with zero attached hydrogens (tertiary/aromatic N) is 2. The third kappa shape index (κ3) is 5.87. The summed E-state index contributed by atoms with van der Waals surface area (Å²) in [6, 6.07) is 5.47. The number of carbonyl (C=O) groups is 2. The molecule has 1 aromatic carbocycles. The van der Waals surface area contributed by atoms with Crippen LogP contribution in [0.4, 0.5) is 0 Å². The summed E-state index contributed by atoms with van der Waals surface area (Å²) in [6.45, 7) is 4.00. The summed E-state index contributed by atoms with van der Waals surface area (Å²) in [5.74, 6) is -1.26. The third-order valence-electron chi connectivity index (χ3n) is 5.45. The molecule has 2 heterocycles. The van der Waals surface area contributed by atoms with Crippen molar-refractivity contribution < 1.29 is 14.7 Å². The van der Waals surface area contributed by atoms with E-state index in [1.807, 2.05) is 12.1 Å². The number of aliphatic hydroxyl groups excluding tert-OH is 1. The van der Waals surface area contributed by atoms with Crippen LogP contribution in [0.1, 0.15) is 31.2 Å². The Hall–Kier alpha value is -1.76. The fourth-order valence-corrected chi connectivity index (χ4v) is 4.04. The molecular weight excluding hydrogens is 413 g/mol. The van der Waals surface area contributed by atoms with Crippen molar-refractivity contribution in [2.75, 3.05) is 39.3 Å². The van der Waals surface area contributed by atoms with E-state index < -0.39 is 11.7 Å². The van der Waals surface area contributed by atoms with E-state index in [1.165, 1.54) is 19.3 Å². The highest BCUT2D eigenvalue weighted by molar-refractivity contribution is 6.42. The van der Waals surface area contributed by atoms with Crippen molar-refractivity contribution in [3.63, 3.8) is 0 Å². The van der Waals surface area contributed by atoms with Crippen LogP contribution in [0.15, 0.2) is 29.5 Å². The molecule has 2 N–H and O–H groups in total. The summed E-state index contributed by atoms with van der Waals surface area (Å²) in [5, 5.41) is 13.9. The van der Waals surface area contributed by atoms with Crippen molar-refractivity contribution in [3.8, 4) is 0 Å². The largest absolute Gasteiger partial charge is 0.503 e. The number of aliphatic hydroxyl groups is 1. The van der Waals surface area contributed by atoms with Gasteiger partial charge in [-0.15, -0.1) is 0 Å². The number of hydrogen-bond donors (Lipinski definition) is 2. The second kappa shape index (κ2) is 10.3. The molecule has 0 bridgehead atoms. The van der Waals surface area contributed by atoms with Gasteiger partial charge in [0.1, 0.15) is 0 Å². The summed E-state index contributed by atoms with van der Waals surface area (Å²) in [7, 11) is 0. The predicted octanol–water partition coefficient (Wildman–Crippen LogP) is 3.18. The van der Waals surface area contributed by atoms with E-state index in [9.17, 15) is 14.7 Å². The first-order valence-corrected chi connectivity index (χ1v) is 10.9. The number of likely N-dealkylation sites (tertiary alicyclic amines) is 1. The van der Waals surface area contributed by atoms with E-state index in [4.69, 9.17) is 23.2 Å². The minimum absolute atomic E-state index is 0.156. The van der Waals surface area contributed by atoms with Crippen LogP contribution >= 0.6 is 23.2 Å². The van der Waals surface area contributed by atoms with Crippen LogP contribution < -0.4 is 5.32 Å². The minimum Gasteiger partial charge on any atom is -0.503 e. The molecule has 0 saturated carbocycles. The zero-order chi connectivity index (χ0) is 20.8. The molecule has 1 fully saturated rings. The monoisotopic (exact) mass is 439 g/mol. The molecule has 8 heteroatoms. The highest BCUT2D eigenvalue weighted by Gasteiger charge is 2.33. The molecule has 29 heavy (non-hydrogen) atoms. The number of aryl methyl sites for hydroxylation is 1. The quantitative estimate of drug-likeness (QED) is 0.610. The Labute approximate surface area is 181 Å². The first-order valence-electron chi connectivity index (χ1n) is 10.1. The number of nitrogens with one attached hydrogen (secondary N) is 1. The van der Waals surface area contributed by atoms with Gasteiger partial charge < -0.3 is 20.2 Å². The molecule has 1 aromatic rings. The van der Waals surface area contributed by atoms with Gasteiger partial charge in [0.25, 0.3) is 11.8 Å². The topological polar surface area (TPSA) is 72.9 Å². The van der Waals surface area contributed by atoms with Gasteiger partial charge >= 0.3 is 0 Å². The number of amides is 2. The van der Waals surface area contributed by atoms with Gasteiger partial charge in [-0.3, -0.25) is 9.59 Å². The van der Waals surface area contributed by atoms with Crippen LogP contribution in [0.2, 0.25) is 10.0 Å². The van der Waals surface area contributed by atoms with Crippen LogP contribution in [-0.4, -0.2) is 66.0 Å². The summed E-state index contributed by atoms with van der Waals surface area (Å²) in [4.78, 5) is 28.5. The summed E-state index contributed by atoms with van der Waals surface area (Å²) in [5.41, 5.74) is 1.19. The maximum Gasteiger partial charge on any atom is 0.289 e.